The molecule has 7 nitrogen and oxygen atoms in total. The van der Waals surface area contributed by atoms with Crippen LogP contribution in [0.25, 0.3) is 0 Å². The van der Waals surface area contributed by atoms with Crippen LogP contribution < -0.4 is 21.7 Å². The molecule has 31 heavy (non-hydrogen) atoms. The molecule has 1 aromatic heterocycles. The van der Waals surface area contributed by atoms with Crippen LogP contribution in [-0.4, -0.2) is 55.0 Å². The van der Waals surface area contributed by atoms with Crippen LogP contribution >= 0.6 is 11.3 Å². The van der Waals surface area contributed by atoms with Gasteiger partial charge in [0.1, 0.15) is 0 Å². The molecule has 1 aliphatic heterocycles. The second-order valence-electron chi connectivity index (χ2n) is 8.47. The Labute approximate surface area is 187 Å². The molecule has 1 aromatic carbocycles. The summed E-state index contributed by atoms with van der Waals surface area (Å²) < 4.78 is 0. The van der Waals surface area contributed by atoms with E-state index in [9.17, 15) is 9.59 Å². The monoisotopic (exact) mass is 441 g/mol. The van der Waals surface area contributed by atoms with E-state index < -0.39 is 0 Å². The summed E-state index contributed by atoms with van der Waals surface area (Å²) >= 11 is 1.48. The molecule has 2 aliphatic rings. The van der Waals surface area contributed by atoms with Crippen molar-refractivity contribution in [2.75, 3.05) is 36.8 Å². The summed E-state index contributed by atoms with van der Waals surface area (Å²) in [4.78, 5) is 30.2. The third-order valence-corrected chi connectivity index (χ3v) is 7.11. The maximum Gasteiger partial charge on any atom is 0.263 e. The first-order valence-corrected chi connectivity index (χ1v) is 11.9. The minimum atomic E-state index is -0.0812. The van der Waals surface area contributed by atoms with Crippen molar-refractivity contribution >= 4 is 34.5 Å². The summed E-state index contributed by atoms with van der Waals surface area (Å²) in [6, 6.07) is 9.76. The predicted octanol–water partition coefficient (Wildman–Crippen LogP) is 2.68. The molecule has 0 spiro atoms. The highest BCUT2D eigenvalue weighted by Crippen LogP contribution is 2.26. The van der Waals surface area contributed by atoms with Crippen LogP contribution in [0.1, 0.15) is 52.1 Å². The van der Waals surface area contributed by atoms with E-state index in [1.807, 2.05) is 34.5 Å². The Kier molecular flexibility index (Phi) is 6.77. The molecule has 0 bridgehead atoms. The van der Waals surface area contributed by atoms with Crippen molar-refractivity contribution in [1.82, 2.24) is 10.2 Å². The standard InChI is InChI=1S/C23H31N5O2S/c24-17-5-7-18(8-6-17)26-22(29)16-4-9-20(19(25)15-16)27-10-2-11-28(13-12-27)23(30)21-3-1-14-31-21/h1,3-4,9,14-15,17-18H,2,5-8,10-13,24-25H2,(H,26,29). The molecule has 8 heteroatoms. The van der Waals surface area contributed by atoms with Gasteiger partial charge in [-0.2, -0.15) is 0 Å². The Balaban J connectivity index is 1.37. The third-order valence-electron chi connectivity index (χ3n) is 6.25. The number of thiophene rings is 1. The first-order valence-electron chi connectivity index (χ1n) is 11.0. The largest absolute Gasteiger partial charge is 0.397 e. The molecule has 166 valence electrons. The molecule has 0 unspecified atom stereocenters. The van der Waals surface area contributed by atoms with Gasteiger partial charge >= 0.3 is 0 Å². The lowest BCUT2D eigenvalue weighted by Crippen LogP contribution is -2.40. The lowest BCUT2D eigenvalue weighted by Gasteiger charge is -2.27. The lowest BCUT2D eigenvalue weighted by molar-refractivity contribution is 0.0771. The van der Waals surface area contributed by atoms with Crippen LogP contribution in [0.5, 0.6) is 0 Å². The van der Waals surface area contributed by atoms with E-state index in [0.29, 0.717) is 17.8 Å². The quantitative estimate of drug-likeness (QED) is 0.633. The van der Waals surface area contributed by atoms with Crippen LogP contribution in [0.15, 0.2) is 35.7 Å². The number of nitrogens with zero attached hydrogens (tertiary/aromatic N) is 2. The number of hydrogen-bond acceptors (Lipinski definition) is 6. The second-order valence-corrected chi connectivity index (χ2v) is 9.42. The van der Waals surface area contributed by atoms with Gasteiger partial charge in [0.15, 0.2) is 0 Å². The fourth-order valence-electron chi connectivity index (χ4n) is 4.43. The van der Waals surface area contributed by atoms with Gasteiger partial charge in [-0.3, -0.25) is 9.59 Å². The molecule has 0 atom stereocenters. The topological polar surface area (TPSA) is 105 Å². The van der Waals surface area contributed by atoms with E-state index in [0.717, 1.165) is 62.3 Å². The molecule has 2 amide bonds. The molecule has 1 aliphatic carbocycles. The smallest absolute Gasteiger partial charge is 0.263 e. The molecular formula is C23H31N5O2S. The number of carbonyl (C=O) groups excluding carboxylic acids is 2. The number of anilines is 2. The van der Waals surface area contributed by atoms with Crippen molar-refractivity contribution in [3.8, 4) is 0 Å². The molecule has 0 radical (unpaired) electrons. The minimum absolute atomic E-state index is 0.0812. The van der Waals surface area contributed by atoms with E-state index in [2.05, 4.69) is 10.2 Å². The predicted molar refractivity (Wildman–Crippen MR) is 126 cm³/mol. The minimum Gasteiger partial charge on any atom is -0.397 e. The Morgan fingerprint density at radius 1 is 1.03 bits per heavy atom. The SMILES string of the molecule is Nc1cc(C(=O)NC2CCC(N)CC2)ccc1N1CCCN(C(=O)c2cccs2)CC1. The number of carbonyl (C=O) groups is 2. The second kappa shape index (κ2) is 9.70. The van der Waals surface area contributed by atoms with E-state index in [1.54, 1.807) is 6.07 Å². The van der Waals surface area contributed by atoms with Crippen LogP contribution in [-0.2, 0) is 0 Å². The Bertz CT molecular complexity index is 909. The summed E-state index contributed by atoms with van der Waals surface area (Å²) in [6.45, 7) is 2.93. The van der Waals surface area contributed by atoms with Crippen molar-refractivity contribution in [1.29, 1.82) is 0 Å². The van der Waals surface area contributed by atoms with Gasteiger partial charge in [0.2, 0.25) is 0 Å². The zero-order valence-electron chi connectivity index (χ0n) is 17.8. The van der Waals surface area contributed by atoms with Crippen LogP contribution in [0.4, 0.5) is 11.4 Å². The average Bonchev–Trinajstić information content (AvgIpc) is 3.20. The van der Waals surface area contributed by atoms with Gasteiger partial charge in [0.25, 0.3) is 11.8 Å². The van der Waals surface area contributed by atoms with Gasteiger partial charge in [0.05, 0.1) is 16.3 Å². The number of rotatable bonds is 4. The van der Waals surface area contributed by atoms with Crippen molar-refractivity contribution in [3.63, 3.8) is 0 Å². The highest BCUT2D eigenvalue weighted by molar-refractivity contribution is 7.12. The molecule has 4 rings (SSSR count). The Morgan fingerprint density at radius 2 is 1.84 bits per heavy atom. The molecule has 2 heterocycles. The van der Waals surface area contributed by atoms with Crippen molar-refractivity contribution in [2.24, 2.45) is 5.73 Å². The molecule has 2 fully saturated rings. The highest BCUT2D eigenvalue weighted by atomic mass is 32.1. The molecule has 2 aromatic rings. The lowest BCUT2D eigenvalue weighted by atomic mass is 9.91. The van der Waals surface area contributed by atoms with Gasteiger partial charge in [-0.1, -0.05) is 6.07 Å². The number of nitrogen functional groups attached to an aromatic ring is 1. The van der Waals surface area contributed by atoms with Crippen molar-refractivity contribution in [2.45, 2.75) is 44.2 Å². The average molecular weight is 442 g/mol. The molecule has 1 saturated carbocycles. The van der Waals surface area contributed by atoms with Crippen LogP contribution in [0, 0.1) is 0 Å². The number of amides is 2. The molecular weight excluding hydrogens is 410 g/mol. The number of nitrogens with two attached hydrogens (primary N) is 2. The summed E-state index contributed by atoms with van der Waals surface area (Å²) in [6.07, 6.45) is 4.63. The molecule has 1 saturated heterocycles. The number of nitrogens with one attached hydrogen (secondary N) is 1. The van der Waals surface area contributed by atoms with Crippen molar-refractivity contribution in [3.05, 3.63) is 46.2 Å². The van der Waals surface area contributed by atoms with E-state index in [4.69, 9.17) is 11.5 Å². The fraction of sp³-hybridized carbons (Fsp3) is 0.478. The maximum atomic E-state index is 12.7. The first kappa shape index (κ1) is 21.6. The summed E-state index contributed by atoms with van der Waals surface area (Å²) in [5.41, 5.74) is 14.4. The summed E-state index contributed by atoms with van der Waals surface area (Å²) in [5.74, 6) is 0.0165. The van der Waals surface area contributed by atoms with Gasteiger partial charge in [-0.25, -0.2) is 0 Å². The number of benzene rings is 1. The fourth-order valence-corrected chi connectivity index (χ4v) is 5.12. The van der Waals surface area contributed by atoms with E-state index in [1.165, 1.54) is 11.3 Å². The van der Waals surface area contributed by atoms with E-state index in [-0.39, 0.29) is 23.9 Å². The maximum absolute atomic E-state index is 12.7. The van der Waals surface area contributed by atoms with Crippen LogP contribution in [0.2, 0.25) is 0 Å². The van der Waals surface area contributed by atoms with Crippen molar-refractivity contribution < 1.29 is 9.59 Å². The summed E-state index contributed by atoms with van der Waals surface area (Å²) in [5, 5.41) is 5.05. The van der Waals surface area contributed by atoms with Gasteiger partial charge in [-0.05, 0) is 61.7 Å². The van der Waals surface area contributed by atoms with Gasteiger partial charge < -0.3 is 26.6 Å². The normalized spacial score (nSPS) is 22.1. The van der Waals surface area contributed by atoms with Crippen LogP contribution in [0.3, 0.4) is 0 Å². The van der Waals surface area contributed by atoms with Gasteiger partial charge in [-0.15, -0.1) is 11.3 Å². The Morgan fingerprint density at radius 3 is 2.55 bits per heavy atom. The molecule has 5 N–H and O–H groups in total. The Hall–Kier alpha value is -2.58. The van der Waals surface area contributed by atoms with E-state index >= 15 is 0 Å². The highest BCUT2D eigenvalue weighted by Gasteiger charge is 2.23. The first-order chi connectivity index (χ1) is 15.0. The summed E-state index contributed by atoms with van der Waals surface area (Å²) in [7, 11) is 0. The van der Waals surface area contributed by atoms with Gasteiger partial charge in [0, 0.05) is 43.8 Å². The zero-order chi connectivity index (χ0) is 21.8. The zero-order valence-corrected chi connectivity index (χ0v) is 18.6. The third kappa shape index (κ3) is 5.19. The number of hydrogen-bond donors (Lipinski definition) is 3.